The standard InChI is InChI=1S/C18H24N2OS/c1-2-8-18(7-1)15-17(10-13-21-18,20-12-4-11-19-20)9-6-16-5-3-14-22-16/h3-5,11-12,14H,1-2,6-10,13,15H2. The van der Waals surface area contributed by atoms with Gasteiger partial charge in [0.15, 0.2) is 0 Å². The number of rotatable bonds is 4. The zero-order valence-corrected chi connectivity index (χ0v) is 13.9. The molecule has 1 saturated carbocycles. The van der Waals surface area contributed by atoms with Gasteiger partial charge in [-0.1, -0.05) is 18.9 Å². The molecule has 2 aromatic heterocycles. The number of nitrogens with zero attached hydrogens (tertiary/aromatic N) is 2. The first-order chi connectivity index (χ1) is 10.8. The summed E-state index contributed by atoms with van der Waals surface area (Å²) >= 11 is 1.87. The van der Waals surface area contributed by atoms with Crippen molar-refractivity contribution in [1.29, 1.82) is 0 Å². The molecule has 1 unspecified atom stereocenters. The first kappa shape index (κ1) is 14.5. The maximum atomic E-state index is 6.28. The lowest BCUT2D eigenvalue weighted by molar-refractivity contribution is -0.122. The van der Waals surface area contributed by atoms with E-state index in [1.54, 1.807) is 0 Å². The highest BCUT2D eigenvalue weighted by Crippen LogP contribution is 2.48. The maximum Gasteiger partial charge on any atom is 0.0705 e. The van der Waals surface area contributed by atoms with Gasteiger partial charge in [0.2, 0.25) is 0 Å². The third-order valence-electron chi connectivity index (χ3n) is 5.55. The van der Waals surface area contributed by atoms with Gasteiger partial charge in [0.1, 0.15) is 0 Å². The molecule has 0 bridgehead atoms. The average molecular weight is 316 g/mol. The van der Waals surface area contributed by atoms with Crippen LogP contribution in [0.2, 0.25) is 0 Å². The van der Waals surface area contributed by atoms with E-state index in [0.29, 0.717) is 0 Å². The number of hydrogen-bond donors (Lipinski definition) is 0. The number of hydrogen-bond acceptors (Lipinski definition) is 3. The topological polar surface area (TPSA) is 27.1 Å². The Labute approximate surface area is 136 Å². The molecule has 0 amide bonds. The van der Waals surface area contributed by atoms with E-state index in [-0.39, 0.29) is 11.1 Å². The van der Waals surface area contributed by atoms with Gasteiger partial charge in [-0.15, -0.1) is 11.3 Å². The van der Waals surface area contributed by atoms with Crippen molar-refractivity contribution in [1.82, 2.24) is 9.78 Å². The molecule has 2 aromatic rings. The van der Waals surface area contributed by atoms with Crippen molar-refractivity contribution in [3.8, 4) is 0 Å². The molecule has 4 heteroatoms. The molecule has 3 heterocycles. The quantitative estimate of drug-likeness (QED) is 0.836. The maximum absolute atomic E-state index is 6.28. The summed E-state index contributed by atoms with van der Waals surface area (Å²) in [5.41, 5.74) is 0.260. The van der Waals surface area contributed by atoms with Crippen LogP contribution >= 0.6 is 11.3 Å². The van der Waals surface area contributed by atoms with Crippen molar-refractivity contribution >= 4 is 11.3 Å². The van der Waals surface area contributed by atoms with E-state index in [2.05, 4.69) is 39.6 Å². The summed E-state index contributed by atoms with van der Waals surface area (Å²) in [6.45, 7) is 0.879. The summed E-state index contributed by atoms with van der Waals surface area (Å²) < 4.78 is 8.52. The summed E-state index contributed by atoms with van der Waals surface area (Å²) in [4.78, 5) is 1.48. The van der Waals surface area contributed by atoms with E-state index >= 15 is 0 Å². The summed E-state index contributed by atoms with van der Waals surface area (Å²) in [6.07, 6.45) is 13.7. The predicted molar refractivity (Wildman–Crippen MR) is 89.2 cm³/mol. The average Bonchev–Trinajstić information content (AvgIpc) is 3.28. The van der Waals surface area contributed by atoms with Crippen molar-refractivity contribution < 1.29 is 4.74 Å². The molecule has 118 valence electrons. The van der Waals surface area contributed by atoms with Crippen LogP contribution in [0.3, 0.4) is 0 Å². The smallest absolute Gasteiger partial charge is 0.0705 e. The summed E-state index contributed by atoms with van der Waals surface area (Å²) in [5.74, 6) is 0. The van der Waals surface area contributed by atoms with Crippen LogP contribution in [0.25, 0.3) is 0 Å². The van der Waals surface area contributed by atoms with Crippen LogP contribution in [-0.2, 0) is 16.7 Å². The van der Waals surface area contributed by atoms with Gasteiger partial charge in [-0.05, 0) is 49.6 Å². The fraction of sp³-hybridized carbons (Fsp3) is 0.611. The number of aryl methyl sites for hydroxylation is 1. The van der Waals surface area contributed by atoms with E-state index in [4.69, 9.17) is 4.74 Å². The molecule has 22 heavy (non-hydrogen) atoms. The first-order valence-electron chi connectivity index (χ1n) is 8.47. The summed E-state index contributed by atoms with van der Waals surface area (Å²) in [7, 11) is 0. The first-order valence-corrected chi connectivity index (χ1v) is 9.35. The van der Waals surface area contributed by atoms with Crippen molar-refractivity contribution in [3.05, 3.63) is 40.8 Å². The van der Waals surface area contributed by atoms with Crippen LogP contribution < -0.4 is 0 Å². The van der Waals surface area contributed by atoms with Gasteiger partial charge in [-0.3, -0.25) is 4.68 Å². The number of ether oxygens (including phenoxy) is 1. The van der Waals surface area contributed by atoms with Crippen molar-refractivity contribution in [3.63, 3.8) is 0 Å². The molecule has 2 fully saturated rings. The molecule has 1 atom stereocenters. The lowest BCUT2D eigenvalue weighted by Crippen LogP contribution is -2.49. The van der Waals surface area contributed by atoms with E-state index in [1.165, 1.54) is 37.0 Å². The zero-order chi connectivity index (χ0) is 14.9. The van der Waals surface area contributed by atoms with Crippen LogP contribution in [0.1, 0.15) is 49.8 Å². The molecule has 3 nitrogen and oxygen atoms in total. The van der Waals surface area contributed by atoms with Gasteiger partial charge < -0.3 is 4.74 Å². The van der Waals surface area contributed by atoms with E-state index in [9.17, 15) is 0 Å². The molecule has 2 aliphatic rings. The van der Waals surface area contributed by atoms with Crippen LogP contribution in [0.15, 0.2) is 36.0 Å². The van der Waals surface area contributed by atoms with Crippen LogP contribution in [0, 0.1) is 0 Å². The number of aromatic nitrogens is 2. The molecule has 1 saturated heterocycles. The van der Waals surface area contributed by atoms with Gasteiger partial charge in [-0.25, -0.2) is 0 Å². The minimum Gasteiger partial charge on any atom is -0.375 e. The van der Waals surface area contributed by atoms with Gasteiger partial charge in [0.05, 0.1) is 11.1 Å². The lowest BCUT2D eigenvalue weighted by atomic mass is 9.76. The van der Waals surface area contributed by atoms with Gasteiger partial charge in [0.25, 0.3) is 0 Å². The Kier molecular flexibility index (Phi) is 3.82. The molecule has 1 aliphatic carbocycles. The highest BCUT2D eigenvalue weighted by Gasteiger charge is 2.48. The minimum atomic E-state index is 0.125. The van der Waals surface area contributed by atoms with Crippen LogP contribution in [-0.4, -0.2) is 22.0 Å². The molecule has 0 radical (unpaired) electrons. The fourth-order valence-electron chi connectivity index (χ4n) is 4.42. The molecular formula is C18H24N2OS. The summed E-state index contributed by atoms with van der Waals surface area (Å²) in [6, 6.07) is 6.47. The Balaban J connectivity index is 1.60. The predicted octanol–water partition coefficient (Wildman–Crippen LogP) is 4.40. The third-order valence-corrected chi connectivity index (χ3v) is 6.49. The lowest BCUT2D eigenvalue weighted by Gasteiger charge is -2.46. The summed E-state index contributed by atoms with van der Waals surface area (Å²) in [5, 5.41) is 6.81. The molecule has 1 aliphatic heterocycles. The second kappa shape index (κ2) is 5.82. The second-order valence-electron chi connectivity index (χ2n) is 6.92. The van der Waals surface area contributed by atoms with Gasteiger partial charge in [-0.2, -0.15) is 5.10 Å². The van der Waals surface area contributed by atoms with E-state index < -0.39 is 0 Å². The van der Waals surface area contributed by atoms with Crippen molar-refractivity contribution in [2.45, 2.75) is 62.5 Å². The SMILES string of the molecule is c1csc(CCC2(n3cccn3)CCOC3(CCCC3)C2)c1. The fourth-order valence-corrected chi connectivity index (χ4v) is 5.13. The molecule has 1 spiro atoms. The number of thiophene rings is 1. The Hall–Kier alpha value is -1.13. The van der Waals surface area contributed by atoms with E-state index in [0.717, 1.165) is 25.9 Å². The van der Waals surface area contributed by atoms with Gasteiger partial charge >= 0.3 is 0 Å². The van der Waals surface area contributed by atoms with Crippen molar-refractivity contribution in [2.75, 3.05) is 6.61 Å². The monoisotopic (exact) mass is 316 g/mol. The third kappa shape index (κ3) is 2.63. The highest BCUT2D eigenvalue weighted by molar-refractivity contribution is 7.09. The van der Waals surface area contributed by atoms with Crippen molar-refractivity contribution in [2.24, 2.45) is 0 Å². The second-order valence-corrected chi connectivity index (χ2v) is 7.95. The minimum absolute atomic E-state index is 0.125. The Bertz CT molecular complexity index is 587. The van der Waals surface area contributed by atoms with Gasteiger partial charge in [0, 0.05) is 30.3 Å². The zero-order valence-electron chi connectivity index (χ0n) is 13.0. The normalized spacial score (nSPS) is 27.5. The van der Waals surface area contributed by atoms with Crippen LogP contribution in [0.5, 0.6) is 0 Å². The molecule has 4 rings (SSSR count). The Morgan fingerprint density at radius 1 is 1.23 bits per heavy atom. The largest absolute Gasteiger partial charge is 0.375 e. The molecular weight excluding hydrogens is 292 g/mol. The molecule has 0 N–H and O–H groups in total. The van der Waals surface area contributed by atoms with Crippen LogP contribution in [0.4, 0.5) is 0 Å². The highest BCUT2D eigenvalue weighted by atomic mass is 32.1. The molecule has 0 aromatic carbocycles. The van der Waals surface area contributed by atoms with E-state index in [1.807, 2.05) is 17.5 Å². The Morgan fingerprint density at radius 3 is 2.86 bits per heavy atom. The Morgan fingerprint density at radius 2 is 2.14 bits per heavy atom.